The van der Waals surface area contributed by atoms with Crippen LogP contribution in [0.15, 0.2) is 12.1 Å². The van der Waals surface area contributed by atoms with E-state index in [2.05, 4.69) is 0 Å². The molecular formula is C19H25F3O4. The molecule has 0 spiro atoms. The summed E-state index contributed by atoms with van der Waals surface area (Å²) in [5.74, 6) is -4.50. The molecule has 1 atom stereocenters. The number of halogens is 3. The van der Waals surface area contributed by atoms with Crippen LogP contribution in [-0.4, -0.2) is 18.0 Å². The van der Waals surface area contributed by atoms with Crippen LogP contribution >= 0.6 is 0 Å². The first-order valence-electron chi connectivity index (χ1n) is 8.73. The second kappa shape index (κ2) is 10.8. The average Bonchev–Trinajstić information content (AvgIpc) is 2.57. The predicted octanol–water partition coefficient (Wildman–Crippen LogP) is 4.69. The number of hydrogen-bond donors (Lipinski definition) is 0. The lowest BCUT2D eigenvalue weighted by Crippen LogP contribution is -2.23. The zero-order valence-corrected chi connectivity index (χ0v) is 15.3. The summed E-state index contributed by atoms with van der Waals surface area (Å²) < 4.78 is 50.1. The molecule has 0 amide bonds. The molecule has 0 saturated carbocycles. The van der Waals surface area contributed by atoms with Crippen molar-refractivity contribution >= 4 is 11.9 Å². The van der Waals surface area contributed by atoms with Gasteiger partial charge in [0.1, 0.15) is 18.5 Å². The van der Waals surface area contributed by atoms with Crippen molar-refractivity contribution in [3.8, 4) is 0 Å². The van der Waals surface area contributed by atoms with Crippen LogP contribution in [0.1, 0.15) is 58.4 Å². The average molecular weight is 374 g/mol. The SMILES string of the molecule is CCCC(OC(=O)CCCC(=O)OCc1c(F)ccc(F)c1F)C(C)C. The minimum absolute atomic E-state index is 0.0464. The van der Waals surface area contributed by atoms with E-state index in [0.29, 0.717) is 6.07 Å². The van der Waals surface area contributed by atoms with Gasteiger partial charge in [-0.3, -0.25) is 9.59 Å². The number of carbonyl (C=O) groups is 2. The molecule has 1 aromatic rings. The number of benzene rings is 1. The summed E-state index contributed by atoms with van der Waals surface area (Å²) in [5.41, 5.74) is -0.642. The molecule has 0 aliphatic heterocycles. The lowest BCUT2D eigenvalue weighted by atomic mass is 10.0. The molecule has 0 aromatic heterocycles. The van der Waals surface area contributed by atoms with Crippen LogP contribution in [-0.2, 0) is 25.7 Å². The molecule has 0 fully saturated rings. The van der Waals surface area contributed by atoms with Gasteiger partial charge in [0, 0.05) is 12.8 Å². The Bertz CT molecular complexity index is 617. The maximum Gasteiger partial charge on any atom is 0.306 e. The van der Waals surface area contributed by atoms with Crippen molar-refractivity contribution in [3.63, 3.8) is 0 Å². The van der Waals surface area contributed by atoms with Crippen LogP contribution < -0.4 is 0 Å². The van der Waals surface area contributed by atoms with Crippen molar-refractivity contribution < 1.29 is 32.2 Å². The standard InChI is InChI=1S/C19H25F3O4/c1-4-6-16(12(2)3)26-18(24)8-5-7-17(23)25-11-13-14(20)9-10-15(21)19(13)22/h9-10,12,16H,4-8,11H2,1-3H3. The minimum atomic E-state index is -1.38. The van der Waals surface area contributed by atoms with Gasteiger partial charge in [0.2, 0.25) is 0 Å². The maximum absolute atomic E-state index is 13.5. The molecule has 1 unspecified atom stereocenters. The second-order valence-corrected chi connectivity index (χ2v) is 6.40. The Kier molecular flexibility index (Phi) is 9.16. The highest BCUT2D eigenvalue weighted by atomic mass is 19.2. The molecule has 7 heteroatoms. The number of esters is 2. The van der Waals surface area contributed by atoms with Gasteiger partial charge in [-0.1, -0.05) is 27.2 Å². The minimum Gasteiger partial charge on any atom is -0.462 e. The first-order chi connectivity index (χ1) is 12.3. The van der Waals surface area contributed by atoms with E-state index in [4.69, 9.17) is 9.47 Å². The molecule has 0 aliphatic rings. The van der Waals surface area contributed by atoms with E-state index in [9.17, 15) is 22.8 Å². The highest BCUT2D eigenvalue weighted by Gasteiger charge is 2.18. The van der Waals surface area contributed by atoms with Gasteiger partial charge in [-0.2, -0.15) is 0 Å². The van der Waals surface area contributed by atoms with Crippen molar-refractivity contribution in [1.82, 2.24) is 0 Å². The van der Waals surface area contributed by atoms with E-state index in [1.807, 2.05) is 20.8 Å². The molecule has 146 valence electrons. The quantitative estimate of drug-likeness (QED) is 0.441. The fourth-order valence-corrected chi connectivity index (χ4v) is 2.34. The largest absolute Gasteiger partial charge is 0.462 e. The zero-order valence-electron chi connectivity index (χ0n) is 15.3. The third kappa shape index (κ3) is 7.06. The van der Waals surface area contributed by atoms with Crippen LogP contribution in [0.25, 0.3) is 0 Å². The monoisotopic (exact) mass is 374 g/mol. The zero-order chi connectivity index (χ0) is 19.7. The highest BCUT2D eigenvalue weighted by Crippen LogP contribution is 2.17. The van der Waals surface area contributed by atoms with Crippen molar-refractivity contribution in [3.05, 3.63) is 35.1 Å². The summed E-state index contributed by atoms with van der Waals surface area (Å²) in [6.07, 6.45) is 1.66. The molecular weight excluding hydrogens is 349 g/mol. The van der Waals surface area contributed by atoms with Gasteiger partial charge in [0.25, 0.3) is 0 Å². The number of hydrogen-bond acceptors (Lipinski definition) is 4. The molecule has 0 bridgehead atoms. The summed E-state index contributed by atoms with van der Waals surface area (Å²) in [4.78, 5) is 23.4. The molecule has 0 radical (unpaired) electrons. The number of ether oxygens (including phenoxy) is 2. The molecule has 0 aliphatic carbocycles. The van der Waals surface area contributed by atoms with Crippen LogP contribution in [0.4, 0.5) is 13.2 Å². The fourth-order valence-electron chi connectivity index (χ4n) is 2.34. The van der Waals surface area contributed by atoms with Crippen molar-refractivity contribution in [2.75, 3.05) is 0 Å². The maximum atomic E-state index is 13.5. The van der Waals surface area contributed by atoms with E-state index >= 15 is 0 Å². The van der Waals surface area contributed by atoms with Crippen molar-refractivity contribution in [1.29, 1.82) is 0 Å². The molecule has 0 heterocycles. The van der Waals surface area contributed by atoms with E-state index in [1.54, 1.807) is 0 Å². The Hall–Kier alpha value is -2.05. The van der Waals surface area contributed by atoms with Gasteiger partial charge < -0.3 is 9.47 Å². The second-order valence-electron chi connectivity index (χ2n) is 6.40. The van der Waals surface area contributed by atoms with Gasteiger partial charge in [-0.05, 0) is 30.9 Å². The smallest absolute Gasteiger partial charge is 0.306 e. The Morgan fingerprint density at radius 3 is 2.27 bits per heavy atom. The normalized spacial score (nSPS) is 12.1. The van der Waals surface area contributed by atoms with Crippen LogP contribution in [0, 0.1) is 23.4 Å². The molecule has 1 rings (SSSR count). The lowest BCUT2D eigenvalue weighted by molar-refractivity contribution is -0.152. The van der Waals surface area contributed by atoms with Crippen LogP contribution in [0.5, 0.6) is 0 Å². The molecule has 4 nitrogen and oxygen atoms in total. The van der Waals surface area contributed by atoms with Crippen molar-refractivity contribution in [2.45, 2.75) is 65.6 Å². The lowest BCUT2D eigenvalue weighted by Gasteiger charge is -2.20. The highest BCUT2D eigenvalue weighted by molar-refractivity contribution is 5.72. The Balaban J connectivity index is 2.37. The van der Waals surface area contributed by atoms with Gasteiger partial charge in [0.15, 0.2) is 11.6 Å². The van der Waals surface area contributed by atoms with Gasteiger partial charge >= 0.3 is 11.9 Å². The number of carbonyl (C=O) groups excluding carboxylic acids is 2. The van der Waals surface area contributed by atoms with E-state index in [1.165, 1.54) is 0 Å². The third-order valence-corrected chi connectivity index (χ3v) is 3.88. The summed E-state index contributed by atoms with van der Waals surface area (Å²) in [7, 11) is 0. The summed E-state index contributed by atoms with van der Waals surface area (Å²) in [6, 6.07) is 1.42. The van der Waals surface area contributed by atoms with Gasteiger partial charge in [-0.15, -0.1) is 0 Å². The molecule has 1 aromatic carbocycles. The first-order valence-corrected chi connectivity index (χ1v) is 8.73. The van der Waals surface area contributed by atoms with Crippen LogP contribution in [0.2, 0.25) is 0 Å². The van der Waals surface area contributed by atoms with E-state index in [-0.39, 0.29) is 31.3 Å². The summed E-state index contributed by atoms with van der Waals surface area (Å²) >= 11 is 0. The third-order valence-electron chi connectivity index (χ3n) is 3.88. The van der Waals surface area contributed by atoms with Crippen molar-refractivity contribution in [2.24, 2.45) is 5.92 Å². The van der Waals surface area contributed by atoms with E-state index < -0.39 is 41.6 Å². The molecule has 0 N–H and O–H groups in total. The molecule has 0 saturated heterocycles. The Labute approximate surface area is 151 Å². The number of rotatable bonds is 10. The predicted molar refractivity (Wildman–Crippen MR) is 89.6 cm³/mol. The van der Waals surface area contributed by atoms with E-state index in [0.717, 1.165) is 18.9 Å². The van der Waals surface area contributed by atoms with Gasteiger partial charge in [-0.25, -0.2) is 13.2 Å². The Morgan fingerprint density at radius 2 is 1.65 bits per heavy atom. The van der Waals surface area contributed by atoms with Crippen LogP contribution in [0.3, 0.4) is 0 Å². The fraction of sp³-hybridized carbons (Fsp3) is 0.579. The Morgan fingerprint density at radius 1 is 1.04 bits per heavy atom. The topological polar surface area (TPSA) is 52.6 Å². The summed E-state index contributed by atoms with van der Waals surface area (Å²) in [5, 5.41) is 0. The van der Waals surface area contributed by atoms with Gasteiger partial charge in [0.05, 0.1) is 5.56 Å². The molecule has 26 heavy (non-hydrogen) atoms. The first kappa shape index (κ1) is 22.0. The summed E-state index contributed by atoms with van der Waals surface area (Å²) in [6.45, 7) is 5.24.